The molecule has 1 amide bonds. The minimum Gasteiger partial charge on any atom is -0.378 e. The van der Waals surface area contributed by atoms with E-state index in [9.17, 15) is 14.9 Å². The quantitative estimate of drug-likeness (QED) is 0.624. The first-order valence-corrected chi connectivity index (χ1v) is 9.06. The lowest BCUT2D eigenvalue weighted by atomic mass is 10.1. The van der Waals surface area contributed by atoms with Gasteiger partial charge in [-0.25, -0.2) is 0 Å². The summed E-state index contributed by atoms with van der Waals surface area (Å²) in [7, 11) is 0. The van der Waals surface area contributed by atoms with Crippen LogP contribution >= 0.6 is 0 Å². The highest BCUT2D eigenvalue weighted by atomic mass is 16.6. The highest BCUT2D eigenvalue weighted by Crippen LogP contribution is 2.27. The predicted molar refractivity (Wildman–Crippen MR) is 103 cm³/mol. The molecule has 27 heavy (non-hydrogen) atoms. The number of hydrogen-bond acceptors (Lipinski definition) is 5. The summed E-state index contributed by atoms with van der Waals surface area (Å²) < 4.78 is 5.25. The first-order valence-electron chi connectivity index (χ1n) is 9.06. The molecule has 1 N–H and O–H groups in total. The number of hydrogen-bond donors (Lipinski definition) is 1. The SMILES string of the molecule is CCc1ccccc1CNc1ccc(C(=O)N2CCOCC2)cc1[N+](=O)[O-]. The fourth-order valence-electron chi connectivity index (χ4n) is 3.18. The Hall–Kier alpha value is -2.93. The van der Waals surface area contributed by atoms with Crippen molar-refractivity contribution in [3.8, 4) is 0 Å². The monoisotopic (exact) mass is 369 g/mol. The second-order valence-electron chi connectivity index (χ2n) is 6.37. The van der Waals surface area contributed by atoms with Crippen LogP contribution in [0.1, 0.15) is 28.4 Å². The summed E-state index contributed by atoms with van der Waals surface area (Å²) in [5.74, 6) is -0.204. The average molecular weight is 369 g/mol. The van der Waals surface area contributed by atoms with E-state index in [0.29, 0.717) is 44.1 Å². The molecule has 3 rings (SSSR count). The van der Waals surface area contributed by atoms with Gasteiger partial charge in [0.05, 0.1) is 18.1 Å². The van der Waals surface area contributed by atoms with Crippen LogP contribution in [0.5, 0.6) is 0 Å². The lowest BCUT2D eigenvalue weighted by Crippen LogP contribution is -2.40. The molecule has 0 bridgehead atoms. The van der Waals surface area contributed by atoms with Gasteiger partial charge in [-0.05, 0) is 29.7 Å². The highest BCUT2D eigenvalue weighted by Gasteiger charge is 2.22. The van der Waals surface area contributed by atoms with Crippen molar-refractivity contribution in [2.45, 2.75) is 19.9 Å². The summed E-state index contributed by atoms with van der Waals surface area (Å²) in [6, 6.07) is 12.6. The second-order valence-corrected chi connectivity index (χ2v) is 6.37. The Morgan fingerprint density at radius 2 is 1.89 bits per heavy atom. The van der Waals surface area contributed by atoms with Crippen LogP contribution in [0.15, 0.2) is 42.5 Å². The molecule has 0 radical (unpaired) electrons. The van der Waals surface area contributed by atoms with Gasteiger partial charge >= 0.3 is 0 Å². The number of nitro groups is 1. The number of rotatable bonds is 6. The second kappa shape index (κ2) is 8.64. The third-order valence-electron chi connectivity index (χ3n) is 4.71. The molecule has 1 aliphatic rings. The van der Waals surface area contributed by atoms with E-state index in [-0.39, 0.29) is 11.6 Å². The summed E-state index contributed by atoms with van der Waals surface area (Å²) in [5.41, 5.74) is 2.94. The number of aryl methyl sites for hydroxylation is 1. The van der Waals surface area contributed by atoms with Crippen molar-refractivity contribution in [1.82, 2.24) is 4.90 Å². The van der Waals surface area contributed by atoms with Gasteiger partial charge in [-0.2, -0.15) is 0 Å². The van der Waals surface area contributed by atoms with Gasteiger partial charge in [-0.1, -0.05) is 31.2 Å². The van der Waals surface area contributed by atoms with E-state index in [4.69, 9.17) is 4.74 Å². The highest BCUT2D eigenvalue weighted by molar-refractivity contribution is 5.95. The van der Waals surface area contributed by atoms with Crippen LogP contribution < -0.4 is 5.32 Å². The van der Waals surface area contributed by atoms with Crippen molar-refractivity contribution < 1.29 is 14.5 Å². The summed E-state index contributed by atoms with van der Waals surface area (Å²) in [5, 5.41) is 14.7. The zero-order valence-corrected chi connectivity index (χ0v) is 15.3. The maximum absolute atomic E-state index is 12.6. The third-order valence-corrected chi connectivity index (χ3v) is 4.71. The molecule has 7 heteroatoms. The van der Waals surface area contributed by atoms with Gasteiger partial charge in [0.2, 0.25) is 0 Å². The molecule has 0 aromatic heterocycles. The third kappa shape index (κ3) is 4.43. The van der Waals surface area contributed by atoms with Crippen LogP contribution in [-0.2, 0) is 17.7 Å². The zero-order valence-electron chi connectivity index (χ0n) is 15.3. The molecule has 0 aliphatic carbocycles. The van der Waals surface area contributed by atoms with Crippen LogP contribution in [0, 0.1) is 10.1 Å². The molecule has 2 aromatic carbocycles. The van der Waals surface area contributed by atoms with Gasteiger partial charge in [0, 0.05) is 31.3 Å². The van der Waals surface area contributed by atoms with Crippen molar-refractivity contribution in [3.05, 3.63) is 69.3 Å². The number of carbonyl (C=O) groups is 1. The van der Waals surface area contributed by atoms with Gasteiger partial charge in [0.15, 0.2) is 0 Å². The molecular weight excluding hydrogens is 346 g/mol. The fourth-order valence-corrected chi connectivity index (χ4v) is 3.18. The normalized spacial score (nSPS) is 14.0. The number of amides is 1. The Morgan fingerprint density at radius 3 is 2.56 bits per heavy atom. The smallest absolute Gasteiger partial charge is 0.293 e. The molecule has 2 aromatic rings. The number of ether oxygens (including phenoxy) is 1. The minimum atomic E-state index is -0.454. The number of nitro benzene ring substituents is 1. The lowest BCUT2D eigenvalue weighted by molar-refractivity contribution is -0.384. The van der Waals surface area contributed by atoms with Crippen molar-refractivity contribution in [3.63, 3.8) is 0 Å². The van der Waals surface area contributed by atoms with E-state index < -0.39 is 4.92 Å². The molecular formula is C20H23N3O4. The Bertz CT molecular complexity index is 832. The first kappa shape index (κ1) is 18.8. The molecule has 1 fully saturated rings. The summed E-state index contributed by atoms with van der Waals surface area (Å²) >= 11 is 0. The maximum atomic E-state index is 12.6. The lowest BCUT2D eigenvalue weighted by Gasteiger charge is -2.26. The maximum Gasteiger partial charge on any atom is 0.293 e. The van der Waals surface area contributed by atoms with Crippen molar-refractivity contribution in [2.75, 3.05) is 31.6 Å². The van der Waals surface area contributed by atoms with Crippen LogP contribution in [0.3, 0.4) is 0 Å². The van der Waals surface area contributed by atoms with Crippen molar-refractivity contribution in [1.29, 1.82) is 0 Å². The van der Waals surface area contributed by atoms with Crippen LogP contribution in [-0.4, -0.2) is 42.0 Å². The minimum absolute atomic E-state index is 0.0944. The molecule has 0 spiro atoms. The summed E-state index contributed by atoms with van der Waals surface area (Å²) in [6.45, 7) is 4.55. The van der Waals surface area contributed by atoms with Crippen LogP contribution in [0.4, 0.5) is 11.4 Å². The van der Waals surface area contributed by atoms with Crippen LogP contribution in [0.2, 0.25) is 0 Å². The number of morpholine rings is 1. The standard InChI is InChI=1S/C20H23N3O4/c1-2-15-5-3-4-6-17(15)14-21-18-8-7-16(13-19(18)23(25)26)20(24)22-9-11-27-12-10-22/h3-8,13,21H,2,9-12,14H2,1H3. The molecule has 0 atom stereocenters. The number of benzene rings is 2. The summed E-state index contributed by atoms with van der Waals surface area (Å²) in [6.07, 6.45) is 0.896. The molecule has 0 unspecified atom stereocenters. The van der Waals surface area contributed by atoms with Crippen LogP contribution in [0.25, 0.3) is 0 Å². The fraction of sp³-hybridized carbons (Fsp3) is 0.350. The largest absolute Gasteiger partial charge is 0.378 e. The van der Waals surface area contributed by atoms with Gasteiger partial charge < -0.3 is 15.0 Å². The van der Waals surface area contributed by atoms with Crippen molar-refractivity contribution >= 4 is 17.3 Å². The van der Waals surface area contributed by atoms with Crippen molar-refractivity contribution in [2.24, 2.45) is 0 Å². The number of carbonyl (C=O) groups excluding carboxylic acids is 1. The number of nitrogens with one attached hydrogen (secondary N) is 1. The Balaban J connectivity index is 1.79. The number of anilines is 1. The van der Waals surface area contributed by atoms with E-state index in [0.717, 1.165) is 12.0 Å². The van der Waals surface area contributed by atoms with Gasteiger partial charge in [-0.15, -0.1) is 0 Å². The Morgan fingerprint density at radius 1 is 1.19 bits per heavy atom. The summed E-state index contributed by atoms with van der Waals surface area (Å²) in [4.78, 5) is 25.3. The van der Waals surface area contributed by atoms with E-state index in [1.807, 2.05) is 18.2 Å². The molecule has 142 valence electrons. The average Bonchev–Trinajstić information content (AvgIpc) is 2.72. The molecule has 1 saturated heterocycles. The van der Waals surface area contributed by atoms with E-state index >= 15 is 0 Å². The first-order chi connectivity index (χ1) is 13.1. The van der Waals surface area contributed by atoms with Gasteiger partial charge in [-0.3, -0.25) is 14.9 Å². The zero-order chi connectivity index (χ0) is 19.2. The predicted octanol–water partition coefficient (Wildman–Crippen LogP) is 3.24. The molecule has 7 nitrogen and oxygen atoms in total. The molecule has 1 heterocycles. The van der Waals surface area contributed by atoms with Gasteiger partial charge in [0.1, 0.15) is 5.69 Å². The molecule has 0 saturated carbocycles. The Labute approximate surface area is 158 Å². The Kier molecular flexibility index (Phi) is 6.03. The molecule has 1 aliphatic heterocycles. The van der Waals surface area contributed by atoms with E-state index in [1.54, 1.807) is 17.0 Å². The van der Waals surface area contributed by atoms with Gasteiger partial charge in [0.25, 0.3) is 11.6 Å². The van der Waals surface area contributed by atoms with E-state index in [2.05, 4.69) is 18.3 Å². The number of nitrogens with zero attached hydrogens (tertiary/aromatic N) is 2. The van der Waals surface area contributed by atoms with E-state index in [1.165, 1.54) is 11.6 Å². The topological polar surface area (TPSA) is 84.7 Å².